The molecule has 2 aliphatic carbocycles. The minimum atomic E-state index is -0.812. The molecule has 176 valence electrons. The molecule has 0 aromatic rings. The van der Waals surface area contributed by atoms with E-state index in [-0.39, 0.29) is 47.6 Å². The molecule has 5 aliphatic heterocycles. The Morgan fingerprint density at radius 2 is 1.81 bits per heavy atom. The van der Waals surface area contributed by atoms with Gasteiger partial charge in [-0.15, -0.1) is 0 Å². The number of ether oxygens (including phenoxy) is 6. The van der Waals surface area contributed by atoms with Crippen LogP contribution < -0.4 is 0 Å². The predicted octanol–water partition coefficient (Wildman–Crippen LogP) is 2.69. The van der Waals surface area contributed by atoms with Crippen LogP contribution in [0.5, 0.6) is 0 Å². The van der Waals surface area contributed by atoms with E-state index in [0.29, 0.717) is 13.0 Å². The Morgan fingerprint density at radius 3 is 2.47 bits per heavy atom. The molecule has 2 saturated carbocycles. The van der Waals surface area contributed by atoms with Crippen molar-refractivity contribution in [3.63, 3.8) is 0 Å². The molecule has 7 rings (SSSR count). The number of carbonyl (C=O) groups excluding carboxylic acids is 2. The van der Waals surface area contributed by atoms with Gasteiger partial charge in [0, 0.05) is 31.6 Å². The van der Waals surface area contributed by atoms with Gasteiger partial charge in [0.1, 0.15) is 17.1 Å². The Bertz CT molecular complexity index is 866. The lowest BCUT2D eigenvalue weighted by Gasteiger charge is -2.69. The third-order valence-electron chi connectivity index (χ3n) is 9.48. The van der Waals surface area contributed by atoms with Gasteiger partial charge < -0.3 is 28.4 Å². The molecule has 8 heteroatoms. The summed E-state index contributed by atoms with van der Waals surface area (Å²) >= 11 is 0. The van der Waals surface area contributed by atoms with Crippen LogP contribution in [0.3, 0.4) is 0 Å². The number of esters is 2. The van der Waals surface area contributed by atoms with E-state index in [9.17, 15) is 9.59 Å². The summed E-state index contributed by atoms with van der Waals surface area (Å²) in [5, 5.41) is 0. The van der Waals surface area contributed by atoms with Gasteiger partial charge in [0.05, 0.1) is 25.1 Å². The monoisotopic (exact) mass is 448 g/mol. The number of hydrogen-bond acceptors (Lipinski definition) is 8. The molecule has 11 atom stereocenters. The van der Waals surface area contributed by atoms with Gasteiger partial charge in [-0.3, -0.25) is 9.59 Å². The van der Waals surface area contributed by atoms with Gasteiger partial charge in [0.2, 0.25) is 12.6 Å². The lowest BCUT2D eigenvalue weighted by molar-refractivity contribution is -0.375. The lowest BCUT2D eigenvalue weighted by atomic mass is 9.40. The summed E-state index contributed by atoms with van der Waals surface area (Å²) in [6.45, 7) is 7.92. The molecule has 8 nitrogen and oxygen atoms in total. The summed E-state index contributed by atoms with van der Waals surface area (Å²) in [5.74, 6) is -0.245. The molecule has 32 heavy (non-hydrogen) atoms. The van der Waals surface area contributed by atoms with Gasteiger partial charge in [-0.25, -0.2) is 0 Å². The molecule has 7 aliphatic rings. The van der Waals surface area contributed by atoms with Crippen LogP contribution in [-0.2, 0) is 38.0 Å². The summed E-state index contributed by atoms with van der Waals surface area (Å²) < 4.78 is 36.5. The molecule has 2 bridgehead atoms. The maximum Gasteiger partial charge on any atom is 0.304 e. The maximum atomic E-state index is 12.2. The zero-order chi connectivity index (χ0) is 22.5. The van der Waals surface area contributed by atoms with Crippen LogP contribution in [-0.4, -0.2) is 55.0 Å². The van der Waals surface area contributed by atoms with E-state index in [4.69, 9.17) is 28.4 Å². The summed E-state index contributed by atoms with van der Waals surface area (Å²) in [6, 6.07) is 0. The summed E-state index contributed by atoms with van der Waals surface area (Å²) in [5.41, 5.74) is -1.53. The van der Waals surface area contributed by atoms with Crippen molar-refractivity contribution in [1.82, 2.24) is 0 Å². The average Bonchev–Trinajstić information content (AvgIpc) is 3.14. The highest BCUT2D eigenvalue weighted by molar-refractivity contribution is 5.67. The normalized spacial score (nSPS) is 54.6. The largest absolute Gasteiger partial charge is 0.472 e. The van der Waals surface area contributed by atoms with E-state index in [1.54, 1.807) is 6.26 Å². The Morgan fingerprint density at radius 1 is 1.06 bits per heavy atom. The van der Waals surface area contributed by atoms with Crippen molar-refractivity contribution in [2.75, 3.05) is 6.61 Å². The predicted molar refractivity (Wildman–Crippen MR) is 109 cm³/mol. The molecule has 0 aromatic heterocycles. The molecular weight excluding hydrogens is 416 g/mol. The fourth-order valence-corrected chi connectivity index (χ4v) is 7.95. The first-order valence-electron chi connectivity index (χ1n) is 11.8. The van der Waals surface area contributed by atoms with Gasteiger partial charge in [-0.2, -0.15) is 0 Å². The van der Waals surface area contributed by atoms with Crippen LogP contribution >= 0.6 is 0 Å². The van der Waals surface area contributed by atoms with E-state index in [2.05, 4.69) is 19.9 Å². The summed E-state index contributed by atoms with van der Waals surface area (Å²) in [4.78, 5) is 24.3. The first-order valence-corrected chi connectivity index (χ1v) is 11.8. The third-order valence-corrected chi connectivity index (χ3v) is 9.48. The number of fused-ring (bicyclic) bond motifs is 2. The van der Waals surface area contributed by atoms with E-state index in [1.165, 1.54) is 13.8 Å². The van der Waals surface area contributed by atoms with Crippen LogP contribution in [0.25, 0.3) is 0 Å². The SMILES string of the molecule is CC(=O)OC1C[C@@H](C)[C@](C)([C@@H]2CC3C=COC3O2)C2C[C@@H]3C[C@]4(CO4)C12[C@@H](OC(C)=O)O3. The van der Waals surface area contributed by atoms with Crippen molar-refractivity contribution < 1.29 is 38.0 Å². The number of epoxide rings is 1. The van der Waals surface area contributed by atoms with Crippen LogP contribution in [0.15, 0.2) is 12.3 Å². The van der Waals surface area contributed by atoms with Gasteiger partial charge in [-0.1, -0.05) is 13.8 Å². The highest BCUT2D eigenvalue weighted by atomic mass is 16.7. The smallest absolute Gasteiger partial charge is 0.304 e. The minimum Gasteiger partial charge on any atom is -0.472 e. The Hall–Kier alpha value is -1.64. The first-order chi connectivity index (χ1) is 15.2. The highest BCUT2D eigenvalue weighted by Crippen LogP contribution is 2.74. The molecule has 0 amide bonds. The zero-order valence-electron chi connectivity index (χ0n) is 19.1. The first kappa shape index (κ1) is 20.9. The second-order valence-electron chi connectivity index (χ2n) is 10.9. The van der Waals surface area contributed by atoms with Gasteiger partial charge in [0.25, 0.3) is 0 Å². The van der Waals surface area contributed by atoms with Gasteiger partial charge in [0.15, 0.2) is 0 Å². The molecule has 5 heterocycles. The Kier molecular flexibility index (Phi) is 4.38. The minimum absolute atomic E-state index is 0.0225. The van der Waals surface area contributed by atoms with Crippen molar-refractivity contribution in [2.45, 2.75) is 89.9 Å². The van der Waals surface area contributed by atoms with Crippen molar-refractivity contribution >= 4 is 11.9 Å². The molecular formula is C24H32O8. The fraction of sp³-hybridized carbons (Fsp3) is 0.833. The van der Waals surface area contributed by atoms with Crippen molar-refractivity contribution in [2.24, 2.45) is 28.6 Å². The number of hydrogen-bond donors (Lipinski definition) is 0. The van der Waals surface area contributed by atoms with Crippen LogP contribution in [0.2, 0.25) is 0 Å². The van der Waals surface area contributed by atoms with Crippen LogP contribution in [0.4, 0.5) is 0 Å². The average molecular weight is 449 g/mol. The second kappa shape index (κ2) is 6.70. The lowest BCUT2D eigenvalue weighted by Crippen LogP contribution is -2.77. The van der Waals surface area contributed by atoms with E-state index in [1.807, 2.05) is 0 Å². The standard InChI is InChI=1S/C24H32O8/c1-12-7-19(29-13(2)25)24-17(22(12,4)18-8-15-5-6-27-20(15)32-18)9-16(10-23(24)11-28-23)31-21(24)30-14(3)26/h5-6,12,15-21H,7-11H2,1-4H3/t12-,15?,16-,17?,18+,19?,20?,21+,22+,23+,24?/m1/s1. The molecule has 0 N–H and O–H groups in total. The fourth-order valence-electron chi connectivity index (χ4n) is 7.95. The second-order valence-corrected chi connectivity index (χ2v) is 10.9. The third kappa shape index (κ3) is 2.54. The quantitative estimate of drug-likeness (QED) is 0.481. The van der Waals surface area contributed by atoms with E-state index < -0.39 is 29.4 Å². The highest BCUT2D eigenvalue weighted by Gasteiger charge is 2.83. The topological polar surface area (TPSA) is 92.8 Å². The molecule has 6 fully saturated rings. The van der Waals surface area contributed by atoms with Crippen molar-refractivity contribution in [3.8, 4) is 0 Å². The van der Waals surface area contributed by atoms with Gasteiger partial charge >= 0.3 is 11.9 Å². The van der Waals surface area contributed by atoms with Crippen LogP contribution in [0, 0.1) is 28.6 Å². The van der Waals surface area contributed by atoms with Crippen molar-refractivity contribution in [1.29, 1.82) is 0 Å². The summed E-state index contributed by atoms with van der Waals surface area (Å²) in [6.07, 6.45) is 5.25. The van der Waals surface area contributed by atoms with Crippen molar-refractivity contribution in [3.05, 3.63) is 12.3 Å². The number of rotatable bonds is 3. The summed E-state index contributed by atoms with van der Waals surface area (Å²) in [7, 11) is 0. The maximum absolute atomic E-state index is 12.2. The van der Waals surface area contributed by atoms with Crippen LogP contribution in [0.1, 0.15) is 53.4 Å². The molecule has 0 radical (unpaired) electrons. The molecule has 2 spiro atoms. The van der Waals surface area contributed by atoms with E-state index in [0.717, 1.165) is 19.3 Å². The Labute approximate surface area is 187 Å². The van der Waals surface area contributed by atoms with E-state index >= 15 is 0 Å². The molecule has 4 saturated heterocycles. The van der Waals surface area contributed by atoms with Gasteiger partial charge in [-0.05, 0) is 37.2 Å². The Balaban J connectivity index is 1.47. The zero-order valence-corrected chi connectivity index (χ0v) is 19.1. The molecule has 5 unspecified atom stereocenters. The number of carbonyl (C=O) groups is 2. The molecule has 0 aromatic carbocycles.